The number of carbonyl (C=O) groups is 1. The van der Waals surface area contributed by atoms with Gasteiger partial charge in [-0.25, -0.2) is 0 Å². The maximum absolute atomic E-state index is 11.7. The van der Waals surface area contributed by atoms with Crippen molar-refractivity contribution in [2.24, 2.45) is 0 Å². The summed E-state index contributed by atoms with van der Waals surface area (Å²) in [7, 11) is 0. The van der Waals surface area contributed by atoms with Gasteiger partial charge in [-0.1, -0.05) is 0 Å². The van der Waals surface area contributed by atoms with Crippen LogP contribution in [0.2, 0.25) is 0 Å². The number of hydrogen-bond donors (Lipinski definition) is 1. The highest BCUT2D eigenvalue weighted by molar-refractivity contribution is 9.10. The molecule has 0 bridgehead atoms. The third-order valence-corrected chi connectivity index (χ3v) is 3.28. The Morgan fingerprint density at radius 2 is 2.14 bits per heavy atom. The number of carbonyl (C=O) groups excluding carboxylic acids is 1. The standard InChI is InChI=1S/C14H18BrN5O/c1-2-19-10-12(8-17-19)4-5-14(21)16-6-3-7-20-11-13(15)9-18-20/h4-5,8-11H,2-3,6-7H2,1H3,(H,16,21)/b5-4+. The molecule has 6 nitrogen and oxygen atoms in total. The molecule has 0 fully saturated rings. The van der Waals surface area contributed by atoms with Crippen molar-refractivity contribution >= 4 is 27.9 Å². The second-order valence-electron chi connectivity index (χ2n) is 4.53. The van der Waals surface area contributed by atoms with Crippen LogP contribution in [0.15, 0.2) is 35.3 Å². The van der Waals surface area contributed by atoms with Gasteiger partial charge < -0.3 is 5.32 Å². The average Bonchev–Trinajstić information content (AvgIpc) is 3.10. The van der Waals surface area contributed by atoms with E-state index in [1.165, 1.54) is 6.08 Å². The van der Waals surface area contributed by atoms with Crippen molar-refractivity contribution in [3.8, 4) is 0 Å². The first-order valence-corrected chi connectivity index (χ1v) is 7.63. The number of amides is 1. The number of nitrogens with one attached hydrogen (secondary N) is 1. The third-order valence-electron chi connectivity index (χ3n) is 2.87. The summed E-state index contributed by atoms with van der Waals surface area (Å²) >= 11 is 3.34. The van der Waals surface area contributed by atoms with Crippen LogP contribution in [-0.4, -0.2) is 32.0 Å². The van der Waals surface area contributed by atoms with Crippen molar-refractivity contribution in [1.82, 2.24) is 24.9 Å². The predicted octanol–water partition coefficient (Wildman–Crippen LogP) is 2.08. The molecule has 2 rings (SSSR count). The molecule has 0 radical (unpaired) electrons. The summed E-state index contributed by atoms with van der Waals surface area (Å²) in [5.41, 5.74) is 0.924. The monoisotopic (exact) mass is 351 g/mol. The molecule has 0 spiro atoms. The Labute approximate surface area is 132 Å². The molecule has 0 aliphatic heterocycles. The van der Waals surface area contributed by atoms with Crippen molar-refractivity contribution in [2.75, 3.05) is 6.54 Å². The van der Waals surface area contributed by atoms with Crippen LogP contribution in [0.5, 0.6) is 0 Å². The van der Waals surface area contributed by atoms with Gasteiger partial charge in [0.2, 0.25) is 5.91 Å². The minimum absolute atomic E-state index is 0.0964. The highest BCUT2D eigenvalue weighted by Gasteiger charge is 1.98. The highest BCUT2D eigenvalue weighted by Crippen LogP contribution is 2.06. The van der Waals surface area contributed by atoms with Gasteiger partial charge >= 0.3 is 0 Å². The summed E-state index contributed by atoms with van der Waals surface area (Å²) in [5, 5.41) is 11.1. The Hall–Kier alpha value is -1.89. The maximum atomic E-state index is 11.7. The zero-order chi connectivity index (χ0) is 15.1. The fourth-order valence-electron chi connectivity index (χ4n) is 1.78. The van der Waals surface area contributed by atoms with Crippen LogP contribution in [0.4, 0.5) is 0 Å². The molecule has 0 saturated heterocycles. The first kappa shape index (κ1) is 15.5. The summed E-state index contributed by atoms with van der Waals surface area (Å²) in [5.74, 6) is -0.0964. The lowest BCUT2D eigenvalue weighted by Crippen LogP contribution is -2.23. The van der Waals surface area contributed by atoms with E-state index in [1.54, 1.807) is 18.5 Å². The second kappa shape index (κ2) is 7.78. The lowest BCUT2D eigenvalue weighted by Gasteiger charge is -2.02. The molecule has 0 aliphatic carbocycles. The van der Waals surface area contributed by atoms with Crippen molar-refractivity contribution in [1.29, 1.82) is 0 Å². The summed E-state index contributed by atoms with van der Waals surface area (Å²) in [6.07, 6.45) is 11.4. The van der Waals surface area contributed by atoms with Crippen LogP contribution in [0.1, 0.15) is 18.9 Å². The molecule has 1 N–H and O–H groups in total. The van der Waals surface area contributed by atoms with Gasteiger partial charge in [0.05, 0.1) is 16.9 Å². The summed E-state index contributed by atoms with van der Waals surface area (Å²) in [6.45, 7) is 4.24. The molecule has 1 amide bonds. The molecule has 2 aromatic heterocycles. The highest BCUT2D eigenvalue weighted by atomic mass is 79.9. The average molecular weight is 352 g/mol. The van der Waals surface area contributed by atoms with Gasteiger partial charge in [0.15, 0.2) is 0 Å². The maximum Gasteiger partial charge on any atom is 0.244 e. The fourth-order valence-corrected chi connectivity index (χ4v) is 2.11. The van der Waals surface area contributed by atoms with Crippen LogP contribution in [0.25, 0.3) is 6.08 Å². The minimum Gasteiger partial charge on any atom is -0.352 e. The van der Waals surface area contributed by atoms with Crippen molar-refractivity contribution in [3.05, 3.63) is 40.9 Å². The topological polar surface area (TPSA) is 64.7 Å². The third kappa shape index (κ3) is 5.18. The van der Waals surface area contributed by atoms with E-state index in [4.69, 9.17) is 0 Å². The number of aryl methyl sites for hydroxylation is 2. The first-order chi connectivity index (χ1) is 10.2. The van der Waals surface area contributed by atoms with E-state index in [0.717, 1.165) is 29.5 Å². The van der Waals surface area contributed by atoms with Gasteiger partial charge in [-0.05, 0) is 35.4 Å². The molecule has 112 valence electrons. The van der Waals surface area contributed by atoms with E-state index in [1.807, 2.05) is 28.7 Å². The molecule has 0 atom stereocenters. The quantitative estimate of drug-likeness (QED) is 0.613. The Bertz CT molecular complexity index is 616. The van der Waals surface area contributed by atoms with Gasteiger partial charge in [0, 0.05) is 43.7 Å². The van der Waals surface area contributed by atoms with Crippen molar-refractivity contribution in [3.63, 3.8) is 0 Å². The van der Waals surface area contributed by atoms with Crippen LogP contribution in [0.3, 0.4) is 0 Å². The first-order valence-electron chi connectivity index (χ1n) is 6.83. The molecule has 0 saturated carbocycles. The van der Waals surface area contributed by atoms with Crippen molar-refractivity contribution < 1.29 is 4.79 Å². The molecule has 0 unspecified atom stereocenters. The molecule has 0 aliphatic rings. The molecule has 7 heteroatoms. The van der Waals surface area contributed by atoms with Crippen LogP contribution in [0, 0.1) is 0 Å². The Kier molecular flexibility index (Phi) is 5.74. The summed E-state index contributed by atoms with van der Waals surface area (Å²) in [6, 6.07) is 0. The van der Waals surface area contributed by atoms with Gasteiger partial charge in [-0.2, -0.15) is 10.2 Å². The van der Waals surface area contributed by atoms with Crippen molar-refractivity contribution in [2.45, 2.75) is 26.4 Å². The Morgan fingerprint density at radius 3 is 2.81 bits per heavy atom. The van der Waals surface area contributed by atoms with Crippen LogP contribution in [-0.2, 0) is 17.9 Å². The Balaban J connectivity index is 1.67. The fraction of sp³-hybridized carbons (Fsp3) is 0.357. The van der Waals surface area contributed by atoms with Crippen LogP contribution < -0.4 is 5.32 Å². The zero-order valence-electron chi connectivity index (χ0n) is 11.9. The smallest absolute Gasteiger partial charge is 0.244 e. The lowest BCUT2D eigenvalue weighted by atomic mass is 10.3. The van der Waals surface area contributed by atoms with E-state index in [-0.39, 0.29) is 5.91 Å². The number of hydrogen-bond acceptors (Lipinski definition) is 3. The lowest BCUT2D eigenvalue weighted by molar-refractivity contribution is -0.116. The number of halogens is 1. The van der Waals surface area contributed by atoms with E-state index >= 15 is 0 Å². The van der Waals surface area contributed by atoms with Gasteiger partial charge in [0.25, 0.3) is 0 Å². The molecular weight excluding hydrogens is 334 g/mol. The number of nitrogens with zero attached hydrogens (tertiary/aromatic N) is 4. The predicted molar refractivity (Wildman–Crippen MR) is 84.5 cm³/mol. The minimum atomic E-state index is -0.0964. The van der Waals surface area contributed by atoms with Crippen LogP contribution >= 0.6 is 15.9 Å². The molecule has 2 aromatic rings. The Morgan fingerprint density at radius 1 is 1.33 bits per heavy atom. The molecular formula is C14H18BrN5O. The summed E-state index contributed by atoms with van der Waals surface area (Å²) < 4.78 is 4.62. The summed E-state index contributed by atoms with van der Waals surface area (Å²) in [4.78, 5) is 11.7. The van der Waals surface area contributed by atoms with E-state index < -0.39 is 0 Å². The normalized spacial score (nSPS) is 11.1. The number of rotatable bonds is 7. The van der Waals surface area contributed by atoms with Gasteiger partial charge in [-0.15, -0.1) is 0 Å². The van der Waals surface area contributed by atoms with E-state index in [9.17, 15) is 4.79 Å². The molecule has 2 heterocycles. The molecule has 0 aromatic carbocycles. The second-order valence-corrected chi connectivity index (χ2v) is 5.44. The van der Waals surface area contributed by atoms with E-state index in [2.05, 4.69) is 31.4 Å². The SMILES string of the molecule is CCn1cc(/C=C/C(=O)NCCCn2cc(Br)cn2)cn1. The van der Waals surface area contributed by atoms with E-state index in [0.29, 0.717) is 6.54 Å². The zero-order valence-corrected chi connectivity index (χ0v) is 13.5. The largest absolute Gasteiger partial charge is 0.352 e. The van der Waals surface area contributed by atoms with Gasteiger partial charge in [0.1, 0.15) is 0 Å². The molecule has 21 heavy (non-hydrogen) atoms. The van der Waals surface area contributed by atoms with Gasteiger partial charge in [-0.3, -0.25) is 14.2 Å². The number of aromatic nitrogens is 4.